The van der Waals surface area contributed by atoms with Crippen LogP contribution >= 0.6 is 0 Å². The average Bonchev–Trinajstić information content (AvgIpc) is 2.56. The van der Waals surface area contributed by atoms with Crippen LogP contribution in [0.5, 0.6) is 0 Å². The van der Waals surface area contributed by atoms with E-state index in [0.717, 1.165) is 29.4 Å². The van der Waals surface area contributed by atoms with E-state index < -0.39 is 18.1 Å². The first kappa shape index (κ1) is 15.0. The van der Waals surface area contributed by atoms with Crippen LogP contribution in [0.4, 0.5) is 0 Å². The highest BCUT2D eigenvalue weighted by Gasteiger charge is 2.15. The third-order valence-corrected chi connectivity index (χ3v) is 4.23. The first-order valence-corrected chi connectivity index (χ1v) is 7.58. The second-order valence-electron chi connectivity index (χ2n) is 5.72. The standard InChI is InChI=1S/C18H16N2O3/c19-10-15-7-8-16(20(18(15)23)11-17(21)22)14-6-5-12-3-1-2-4-13(12)9-14/h5-9H,1-4,11H2,(H,21,22). The molecule has 0 saturated heterocycles. The quantitative estimate of drug-likeness (QED) is 0.943. The summed E-state index contributed by atoms with van der Waals surface area (Å²) in [6.45, 7) is -0.458. The highest BCUT2D eigenvalue weighted by atomic mass is 16.4. The summed E-state index contributed by atoms with van der Waals surface area (Å²) < 4.78 is 1.16. The molecular formula is C18H16N2O3. The molecule has 1 aliphatic rings. The van der Waals surface area contributed by atoms with Crippen molar-refractivity contribution in [3.8, 4) is 17.3 Å². The normalized spacial score (nSPS) is 13.2. The average molecular weight is 308 g/mol. The van der Waals surface area contributed by atoms with Gasteiger partial charge in [-0.2, -0.15) is 5.26 Å². The summed E-state index contributed by atoms with van der Waals surface area (Å²) in [5.74, 6) is -1.11. The second kappa shape index (κ2) is 6.09. The van der Waals surface area contributed by atoms with Gasteiger partial charge in [0.05, 0.1) is 5.69 Å². The second-order valence-corrected chi connectivity index (χ2v) is 5.72. The Hall–Kier alpha value is -2.87. The zero-order valence-electron chi connectivity index (χ0n) is 12.6. The van der Waals surface area contributed by atoms with Gasteiger partial charge < -0.3 is 5.11 Å². The maximum Gasteiger partial charge on any atom is 0.323 e. The van der Waals surface area contributed by atoms with Crippen molar-refractivity contribution in [2.24, 2.45) is 0 Å². The Bertz CT molecular complexity index is 875. The van der Waals surface area contributed by atoms with Gasteiger partial charge in [0, 0.05) is 0 Å². The van der Waals surface area contributed by atoms with Gasteiger partial charge in [0.1, 0.15) is 18.2 Å². The predicted molar refractivity (Wildman–Crippen MR) is 85.1 cm³/mol. The lowest BCUT2D eigenvalue weighted by Crippen LogP contribution is -2.27. The Morgan fingerprint density at radius 2 is 1.91 bits per heavy atom. The first-order chi connectivity index (χ1) is 11.1. The monoisotopic (exact) mass is 308 g/mol. The number of pyridine rings is 1. The van der Waals surface area contributed by atoms with Crippen LogP contribution in [-0.4, -0.2) is 15.6 Å². The number of hydrogen-bond donors (Lipinski definition) is 1. The van der Waals surface area contributed by atoms with Crippen molar-refractivity contribution >= 4 is 5.97 Å². The number of carboxylic acids is 1. The van der Waals surface area contributed by atoms with Gasteiger partial charge in [-0.25, -0.2) is 0 Å². The fourth-order valence-electron chi connectivity index (χ4n) is 3.10. The number of aromatic nitrogens is 1. The van der Waals surface area contributed by atoms with E-state index in [4.69, 9.17) is 10.4 Å². The van der Waals surface area contributed by atoms with Gasteiger partial charge in [-0.3, -0.25) is 14.2 Å². The Labute approximate surface area is 133 Å². The molecule has 1 aliphatic carbocycles. The third kappa shape index (κ3) is 2.88. The Morgan fingerprint density at radius 1 is 1.17 bits per heavy atom. The number of benzene rings is 1. The van der Waals surface area contributed by atoms with Gasteiger partial charge in [0.2, 0.25) is 0 Å². The lowest BCUT2D eigenvalue weighted by molar-refractivity contribution is -0.137. The number of carbonyl (C=O) groups is 1. The van der Waals surface area contributed by atoms with Crippen LogP contribution in [0.15, 0.2) is 35.1 Å². The molecule has 3 rings (SSSR count). The SMILES string of the molecule is N#Cc1ccc(-c2ccc3c(c2)CCCC3)n(CC(=O)O)c1=O. The summed E-state index contributed by atoms with van der Waals surface area (Å²) in [5.41, 5.74) is 3.31. The minimum atomic E-state index is -1.11. The summed E-state index contributed by atoms with van der Waals surface area (Å²) in [6.07, 6.45) is 4.40. The van der Waals surface area contributed by atoms with Crippen LogP contribution in [0.2, 0.25) is 0 Å². The van der Waals surface area contributed by atoms with Crippen molar-refractivity contribution < 1.29 is 9.90 Å². The molecule has 0 unspecified atom stereocenters. The van der Waals surface area contributed by atoms with Crippen molar-refractivity contribution in [2.75, 3.05) is 0 Å². The van der Waals surface area contributed by atoms with E-state index in [1.165, 1.54) is 23.6 Å². The van der Waals surface area contributed by atoms with Crippen LogP contribution in [0, 0.1) is 11.3 Å². The maximum atomic E-state index is 12.3. The van der Waals surface area contributed by atoms with Crippen LogP contribution in [-0.2, 0) is 24.2 Å². The van der Waals surface area contributed by atoms with Crippen molar-refractivity contribution in [1.82, 2.24) is 4.57 Å². The van der Waals surface area contributed by atoms with E-state index in [2.05, 4.69) is 6.07 Å². The molecule has 0 spiro atoms. The zero-order valence-corrected chi connectivity index (χ0v) is 12.6. The van der Waals surface area contributed by atoms with Crippen LogP contribution in [0.25, 0.3) is 11.3 Å². The number of nitrogens with zero attached hydrogens (tertiary/aromatic N) is 2. The van der Waals surface area contributed by atoms with Crippen molar-refractivity contribution in [3.63, 3.8) is 0 Å². The van der Waals surface area contributed by atoms with E-state index in [1.807, 2.05) is 18.2 Å². The number of rotatable bonds is 3. The minimum absolute atomic E-state index is 0.0482. The molecule has 1 aromatic carbocycles. The summed E-state index contributed by atoms with van der Waals surface area (Å²) in [4.78, 5) is 23.4. The molecule has 0 radical (unpaired) electrons. The number of carboxylic acid groups (broad SMARTS) is 1. The molecule has 0 bridgehead atoms. The molecule has 116 valence electrons. The molecule has 0 fully saturated rings. The fraction of sp³-hybridized carbons (Fsp3) is 0.278. The number of fused-ring (bicyclic) bond motifs is 1. The molecule has 0 amide bonds. The molecule has 2 aromatic rings. The number of aliphatic carboxylic acids is 1. The van der Waals surface area contributed by atoms with E-state index in [0.29, 0.717) is 5.69 Å². The number of aryl methyl sites for hydroxylation is 2. The van der Waals surface area contributed by atoms with Gasteiger partial charge in [-0.05, 0) is 60.6 Å². The number of nitriles is 1. The largest absolute Gasteiger partial charge is 0.480 e. The molecule has 5 heteroatoms. The van der Waals surface area contributed by atoms with Crippen molar-refractivity contribution in [3.05, 3.63) is 57.4 Å². The van der Waals surface area contributed by atoms with E-state index in [-0.39, 0.29) is 5.56 Å². The van der Waals surface area contributed by atoms with Crippen molar-refractivity contribution in [2.45, 2.75) is 32.2 Å². The Morgan fingerprint density at radius 3 is 2.61 bits per heavy atom. The Balaban J connectivity index is 2.16. The lowest BCUT2D eigenvalue weighted by atomic mass is 9.90. The minimum Gasteiger partial charge on any atom is -0.480 e. The molecule has 0 atom stereocenters. The first-order valence-electron chi connectivity index (χ1n) is 7.58. The maximum absolute atomic E-state index is 12.3. The van der Waals surface area contributed by atoms with Gasteiger partial charge >= 0.3 is 5.97 Å². The van der Waals surface area contributed by atoms with Crippen LogP contribution in [0.1, 0.15) is 29.5 Å². The zero-order chi connectivity index (χ0) is 16.4. The van der Waals surface area contributed by atoms with E-state index in [1.54, 1.807) is 6.07 Å². The van der Waals surface area contributed by atoms with Crippen LogP contribution in [0.3, 0.4) is 0 Å². The topological polar surface area (TPSA) is 83.1 Å². The summed E-state index contributed by atoms with van der Waals surface area (Å²) >= 11 is 0. The third-order valence-electron chi connectivity index (χ3n) is 4.23. The smallest absolute Gasteiger partial charge is 0.323 e. The van der Waals surface area contributed by atoms with E-state index in [9.17, 15) is 9.59 Å². The molecule has 5 nitrogen and oxygen atoms in total. The molecule has 0 saturated carbocycles. The van der Waals surface area contributed by atoms with Crippen LogP contribution < -0.4 is 5.56 Å². The predicted octanol–water partition coefficient (Wildman–Crippen LogP) is 2.35. The molecule has 1 heterocycles. The van der Waals surface area contributed by atoms with Gasteiger partial charge in [-0.1, -0.05) is 12.1 Å². The molecule has 1 N–H and O–H groups in total. The summed E-state index contributed by atoms with van der Waals surface area (Å²) in [7, 11) is 0. The number of hydrogen-bond acceptors (Lipinski definition) is 3. The molecule has 23 heavy (non-hydrogen) atoms. The van der Waals surface area contributed by atoms with Gasteiger partial charge in [0.25, 0.3) is 5.56 Å². The summed E-state index contributed by atoms with van der Waals surface area (Å²) in [5, 5.41) is 18.1. The van der Waals surface area contributed by atoms with E-state index >= 15 is 0 Å². The summed E-state index contributed by atoms with van der Waals surface area (Å²) in [6, 6.07) is 10.9. The molecular weight excluding hydrogens is 292 g/mol. The highest BCUT2D eigenvalue weighted by molar-refractivity contribution is 5.69. The Kier molecular flexibility index (Phi) is 3.98. The molecule has 0 aliphatic heterocycles. The van der Waals surface area contributed by atoms with Crippen molar-refractivity contribution in [1.29, 1.82) is 5.26 Å². The highest BCUT2D eigenvalue weighted by Crippen LogP contribution is 2.27. The van der Waals surface area contributed by atoms with Gasteiger partial charge in [-0.15, -0.1) is 0 Å². The fourth-order valence-corrected chi connectivity index (χ4v) is 3.10. The lowest BCUT2D eigenvalue weighted by Gasteiger charge is -2.18. The molecule has 1 aromatic heterocycles. The van der Waals surface area contributed by atoms with Gasteiger partial charge in [0.15, 0.2) is 0 Å².